The van der Waals surface area contributed by atoms with Gasteiger partial charge in [0.15, 0.2) is 0 Å². The van der Waals surface area contributed by atoms with Crippen molar-refractivity contribution in [1.29, 1.82) is 0 Å². The number of thiazole rings is 1. The van der Waals surface area contributed by atoms with Gasteiger partial charge in [0.05, 0.1) is 6.20 Å². The van der Waals surface area contributed by atoms with Crippen LogP contribution in [-0.4, -0.2) is 25.8 Å². The van der Waals surface area contributed by atoms with Crippen molar-refractivity contribution >= 4 is 17.2 Å². The van der Waals surface area contributed by atoms with Gasteiger partial charge < -0.3 is 5.32 Å². The maximum atomic E-state index is 12.0. The molecule has 0 unspecified atom stereocenters. The molecule has 0 spiro atoms. The van der Waals surface area contributed by atoms with Crippen molar-refractivity contribution in [2.45, 2.75) is 6.54 Å². The number of pyridine rings is 1. The van der Waals surface area contributed by atoms with E-state index in [2.05, 4.69) is 25.3 Å². The lowest BCUT2D eigenvalue weighted by Gasteiger charge is -2.02. The van der Waals surface area contributed by atoms with E-state index in [1.165, 1.54) is 11.3 Å². The third kappa shape index (κ3) is 3.26. The highest BCUT2D eigenvalue weighted by molar-refractivity contribution is 7.13. The van der Waals surface area contributed by atoms with Gasteiger partial charge in [-0.05, 0) is 17.7 Å². The standard InChI is InChI=1S/C14H11N5OS/c20-13(18-7-10-1-3-15-4-2-10)12-9-21-14(19-12)11-8-16-5-6-17-11/h1-6,8-9H,7H2,(H,18,20). The van der Waals surface area contributed by atoms with Crippen LogP contribution in [-0.2, 0) is 6.54 Å². The number of hydrogen-bond acceptors (Lipinski definition) is 6. The summed E-state index contributed by atoms with van der Waals surface area (Å²) in [4.78, 5) is 28.4. The number of nitrogens with zero attached hydrogens (tertiary/aromatic N) is 4. The molecule has 0 radical (unpaired) electrons. The van der Waals surface area contributed by atoms with Gasteiger partial charge in [0.2, 0.25) is 0 Å². The molecule has 0 fully saturated rings. The molecule has 0 aromatic carbocycles. The molecule has 0 aliphatic rings. The molecule has 104 valence electrons. The Kier molecular flexibility index (Phi) is 3.92. The van der Waals surface area contributed by atoms with Crippen LogP contribution in [0.1, 0.15) is 16.1 Å². The third-order valence-electron chi connectivity index (χ3n) is 2.72. The monoisotopic (exact) mass is 297 g/mol. The van der Waals surface area contributed by atoms with E-state index in [1.807, 2.05) is 12.1 Å². The Morgan fingerprint density at radius 2 is 2.00 bits per heavy atom. The second-order valence-electron chi connectivity index (χ2n) is 4.17. The zero-order valence-corrected chi connectivity index (χ0v) is 11.7. The zero-order chi connectivity index (χ0) is 14.5. The molecule has 1 N–H and O–H groups in total. The van der Waals surface area contributed by atoms with Crippen LogP contribution in [0.4, 0.5) is 0 Å². The minimum Gasteiger partial charge on any atom is -0.347 e. The molecule has 3 rings (SSSR count). The molecule has 0 bridgehead atoms. The van der Waals surface area contributed by atoms with Crippen LogP contribution in [0.5, 0.6) is 0 Å². The summed E-state index contributed by atoms with van der Waals surface area (Å²) >= 11 is 1.37. The Morgan fingerprint density at radius 1 is 1.14 bits per heavy atom. The Morgan fingerprint density at radius 3 is 2.76 bits per heavy atom. The summed E-state index contributed by atoms with van der Waals surface area (Å²) in [6.07, 6.45) is 8.20. The second-order valence-corrected chi connectivity index (χ2v) is 5.02. The predicted molar refractivity (Wildman–Crippen MR) is 78.5 cm³/mol. The lowest BCUT2D eigenvalue weighted by Crippen LogP contribution is -2.23. The maximum Gasteiger partial charge on any atom is 0.271 e. The molecule has 0 aliphatic carbocycles. The molecule has 3 aromatic rings. The first-order valence-corrected chi connectivity index (χ1v) is 7.10. The topological polar surface area (TPSA) is 80.7 Å². The SMILES string of the molecule is O=C(NCc1ccncc1)c1csc(-c2cnccn2)n1. The van der Waals surface area contributed by atoms with Crippen LogP contribution >= 0.6 is 11.3 Å². The van der Waals surface area contributed by atoms with E-state index in [4.69, 9.17) is 0 Å². The van der Waals surface area contributed by atoms with Gasteiger partial charge in [-0.15, -0.1) is 11.3 Å². The lowest BCUT2D eigenvalue weighted by atomic mass is 10.2. The molecule has 3 aromatic heterocycles. The first-order valence-electron chi connectivity index (χ1n) is 6.22. The van der Waals surface area contributed by atoms with Crippen LogP contribution in [0.2, 0.25) is 0 Å². The Labute approximate surface area is 125 Å². The van der Waals surface area contributed by atoms with Crippen LogP contribution in [0.25, 0.3) is 10.7 Å². The van der Waals surface area contributed by atoms with Crippen LogP contribution < -0.4 is 5.32 Å². The smallest absolute Gasteiger partial charge is 0.271 e. The van der Waals surface area contributed by atoms with Crippen molar-refractivity contribution in [3.05, 3.63) is 59.8 Å². The fourth-order valence-electron chi connectivity index (χ4n) is 1.68. The van der Waals surface area contributed by atoms with Gasteiger partial charge >= 0.3 is 0 Å². The zero-order valence-electron chi connectivity index (χ0n) is 10.9. The number of nitrogens with one attached hydrogen (secondary N) is 1. The summed E-state index contributed by atoms with van der Waals surface area (Å²) in [5, 5.41) is 5.21. The summed E-state index contributed by atoms with van der Waals surface area (Å²) in [6.45, 7) is 0.444. The van der Waals surface area contributed by atoms with Gasteiger partial charge in [0, 0.05) is 36.7 Å². The normalized spacial score (nSPS) is 10.3. The molecule has 0 atom stereocenters. The highest BCUT2D eigenvalue weighted by atomic mass is 32.1. The molecule has 1 amide bonds. The van der Waals surface area contributed by atoms with E-state index < -0.39 is 0 Å². The molecule has 0 saturated heterocycles. The van der Waals surface area contributed by atoms with Crippen molar-refractivity contribution in [1.82, 2.24) is 25.3 Å². The Bertz CT molecular complexity index is 729. The van der Waals surface area contributed by atoms with E-state index in [0.717, 1.165) is 5.56 Å². The number of carbonyl (C=O) groups excluding carboxylic acids is 1. The van der Waals surface area contributed by atoms with Crippen molar-refractivity contribution < 1.29 is 4.79 Å². The van der Waals surface area contributed by atoms with Gasteiger partial charge in [-0.3, -0.25) is 19.7 Å². The van der Waals surface area contributed by atoms with E-state index in [-0.39, 0.29) is 5.91 Å². The van der Waals surface area contributed by atoms with Crippen molar-refractivity contribution in [3.63, 3.8) is 0 Å². The minimum atomic E-state index is -0.210. The van der Waals surface area contributed by atoms with E-state index in [9.17, 15) is 4.79 Å². The molecule has 6 nitrogen and oxygen atoms in total. The van der Waals surface area contributed by atoms with Crippen molar-refractivity contribution in [3.8, 4) is 10.7 Å². The quantitative estimate of drug-likeness (QED) is 0.795. The number of hydrogen-bond donors (Lipinski definition) is 1. The van der Waals surface area contributed by atoms with Crippen molar-refractivity contribution in [2.75, 3.05) is 0 Å². The van der Waals surface area contributed by atoms with Gasteiger partial charge in [0.25, 0.3) is 5.91 Å². The molecule has 7 heteroatoms. The molecule has 0 aliphatic heterocycles. The summed E-state index contributed by atoms with van der Waals surface area (Å²) in [6, 6.07) is 3.71. The number of carbonyl (C=O) groups is 1. The largest absolute Gasteiger partial charge is 0.347 e. The Hall–Kier alpha value is -2.67. The van der Waals surface area contributed by atoms with E-state index >= 15 is 0 Å². The molecule has 21 heavy (non-hydrogen) atoms. The van der Waals surface area contributed by atoms with Gasteiger partial charge in [-0.25, -0.2) is 4.98 Å². The fourth-order valence-corrected chi connectivity index (χ4v) is 2.44. The summed E-state index contributed by atoms with van der Waals surface area (Å²) in [5.74, 6) is -0.210. The summed E-state index contributed by atoms with van der Waals surface area (Å²) in [5.41, 5.74) is 2.04. The first kappa shape index (κ1) is 13.3. The third-order valence-corrected chi connectivity index (χ3v) is 3.59. The highest BCUT2D eigenvalue weighted by Gasteiger charge is 2.12. The Balaban J connectivity index is 1.67. The molecular weight excluding hydrogens is 286 g/mol. The van der Waals surface area contributed by atoms with E-state index in [1.54, 1.807) is 36.4 Å². The molecule has 0 saturated carbocycles. The summed E-state index contributed by atoms with van der Waals surface area (Å²) < 4.78 is 0. The molecule has 3 heterocycles. The minimum absolute atomic E-state index is 0.210. The fraction of sp³-hybridized carbons (Fsp3) is 0.0714. The number of aromatic nitrogens is 4. The van der Waals surface area contributed by atoms with Gasteiger partial charge in [-0.1, -0.05) is 0 Å². The number of amides is 1. The van der Waals surface area contributed by atoms with Crippen LogP contribution in [0, 0.1) is 0 Å². The van der Waals surface area contributed by atoms with Gasteiger partial charge in [-0.2, -0.15) is 0 Å². The van der Waals surface area contributed by atoms with E-state index in [0.29, 0.717) is 22.9 Å². The van der Waals surface area contributed by atoms with Crippen LogP contribution in [0.15, 0.2) is 48.5 Å². The molecular formula is C14H11N5OS. The number of rotatable bonds is 4. The maximum absolute atomic E-state index is 12.0. The average molecular weight is 297 g/mol. The van der Waals surface area contributed by atoms with Crippen molar-refractivity contribution in [2.24, 2.45) is 0 Å². The highest BCUT2D eigenvalue weighted by Crippen LogP contribution is 2.20. The summed E-state index contributed by atoms with van der Waals surface area (Å²) in [7, 11) is 0. The average Bonchev–Trinajstić information content (AvgIpc) is 3.04. The first-order chi connectivity index (χ1) is 10.3. The van der Waals surface area contributed by atoms with Crippen LogP contribution in [0.3, 0.4) is 0 Å². The lowest BCUT2D eigenvalue weighted by molar-refractivity contribution is 0.0946. The predicted octanol–water partition coefficient (Wildman–Crippen LogP) is 1.93. The second kappa shape index (κ2) is 6.19. The van der Waals surface area contributed by atoms with Gasteiger partial charge in [0.1, 0.15) is 16.4 Å².